The molecular formula is C14H19NO3. The van der Waals surface area contributed by atoms with Crippen LogP contribution >= 0.6 is 0 Å². The fraction of sp³-hybridized carbons (Fsp3) is 0.571. The molecule has 2 aliphatic heterocycles. The second-order valence-corrected chi connectivity index (χ2v) is 5.23. The largest absolute Gasteiger partial charge is 0.493 e. The third kappa shape index (κ3) is 2.23. The summed E-state index contributed by atoms with van der Waals surface area (Å²) in [5, 5.41) is 19.2. The number of rotatable bonds is 2. The van der Waals surface area contributed by atoms with Crippen molar-refractivity contribution in [3.05, 3.63) is 29.8 Å². The van der Waals surface area contributed by atoms with Gasteiger partial charge in [-0.3, -0.25) is 4.90 Å². The van der Waals surface area contributed by atoms with Crippen molar-refractivity contribution in [3.8, 4) is 5.75 Å². The van der Waals surface area contributed by atoms with Crippen molar-refractivity contribution < 1.29 is 14.9 Å². The van der Waals surface area contributed by atoms with Crippen molar-refractivity contribution in [2.45, 2.75) is 24.5 Å². The molecule has 1 aromatic rings. The van der Waals surface area contributed by atoms with Gasteiger partial charge in [-0.05, 0) is 18.1 Å². The minimum Gasteiger partial charge on any atom is -0.493 e. The topological polar surface area (TPSA) is 52.9 Å². The molecule has 4 nitrogen and oxygen atoms in total. The molecule has 0 aliphatic carbocycles. The van der Waals surface area contributed by atoms with Gasteiger partial charge in [-0.2, -0.15) is 0 Å². The van der Waals surface area contributed by atoms with E-state index in [9.17, 15) is 10.2 Å². The molecule has 98 valence electrons. The van der Waals surface area contributed by atoms with Crippen LogP contribution in [0.4, 0.5) is 0 Å². The van der Waals surface area contributed by atoms with Crippen LogP contribution in [-0.4, -0.2) is 53.6 Å². The molecule has 3 unspecified atom stereocenters. The van der Waals surface area contributed by atoms with Crippen LogP contribution in [0, 0.1) is 0 Å². The Morgan fingerprint density at radius 3 is 2.67 bits per heavy atom. The van der Waals surface area contributed by atoms with Gasteiger partial charge in [0.05, 0.1) is 18.8 Å². The van der Waals surface area contributed by atoms with Gasteiger partial charge in [0.1, 0.15) is 5.75 Å². The molecule has 3 rings (SSSR count). The minimum absolute atomic E-state index is 0.437. The fourth-order valence-corrected chi connectivity index (χ4v) is 2.91. The van der Waals surface area contributed by atoms with E-state index in [2.05, 4.69) is 11.0 Å². The van der Waals surface area contributed by atoms with Gasteiger partial charge >= 0.3 is 0 Å². The van der Waals surface area contributed by atoms with E-state index in [1.165, 1.54) is 5.56 Å². The van der Waals surface area contributed by atoms with Crippen molar-refractivity contribution in [3.63, 3.8) is 0 Å². The summed E-state index contributed by atoms with van der Waals surface area (Å²) in [5.41, 5.74) is 1.25. The molecule has 1 fully saturated rings. The van der Waals surface area contributed by atoms with E-state index in [4.69, 9.17) is 4.74 Å². The van der Waals surface area contributed by atoms with Crippen molar-refractivity contribution in [2.75, 3.05) is 26.2 Å². The second-order valence-electron chi connectivity index (χ2n) is 5.23. The quantitative estimate of drug-likeness (QED) is 0.805. The predicted octanol–water partition coefficient (Wildman–Crippen LogP) is 0.590. The number of para-hydroxylation sites is 1. The summed E-state index contributed by atoms with van der Waals surface area (Å²) in [6, 6.07) is 8.15. The van der Waals surface area contributed by atoms with Crippen molar-refractivity contribution >= 4 is 0 Å². The van der Waals surface area contributed by atoms with E-state index in [0.29, 0.717) is 19.0 Å². The van der Waals surface area contributed by atoms with Crippen molar-refractivity contribution in [2.24, 2.45) is 0 Å². The van der Waals surface area contributed by atoms with Gasteiger partial charge in [0, 0.05) is 25.6 Å². The number of nitrogens with zero attached hydrogens (tertiary/aromatic N) is 1. The summed E-state index contributed by atoms with van der Waals surface area (Å²) in [5.74, 6) is 1.42. The monoisotopic (exact) mass is 249 g/mol. The summed E-state index contributed by atoms with van der Waals surface area (Å²) in [6.07, 6.45) is -0.195. The average molecular weight is 249 g/mol. The zero-order chi connectivity index (χ0) is 12.5. The zero-order valence-corrected chi connectivity index (χ0v) is 10.3. The summed E-state index contributed by atoms with van der Waals surface area (Å²) in [6.45, 7) is 2.77. The van der Waals surface area contributed by atoms with Crippen LogP contribution in [0.2, 0.25) is 0 Å². The Morgan fingerprint density at radius 1 is 1.17 bits per heavy atom. The van der Waals surface area contributed by atoms with E-state index < -0.39 is 12.2 Å². The number of aliphatic hydroxyl groups excluding tert-OH is 2. The normalized spacial score (nSPS) is 32.0. The predicted molar refractivity (Wildman–Crippen MR) is 67.7 cm³/mol. The maximum atomic E-state index is 9.58. The maximum absolute atomic E-state index is 9.58. The summed E-state index contributed by atoms with van der Waals surface area (Å²) >= 11 is 0. The third-order valence-electron chi connectivity index (χ3n) is 3.90. The number of benzene rings is 1. The number of β-amino-alcohol motifs (C(OH)–C–C–N with tert-alkyl or cyclic N) is 2. The number of aliphatic hydroxyl groups is 2. The van der Waals surface area contributed by atoms with Crippen LogP contribution in [0.1, 0.15) is 17.9 Å². The van der Waals surface area contributed by atoms with Gasteiger partial charge in [-0.1, -0.05) is 18.2 Å². The first-order valence-electron chi connectivity index (χ1n) is 6.54. The molecule has 3 atom stereocenters. The standard InChI is InChI=1S/C14H19NO3/c16-12-8-15(9-13(12)17)7-10-5-6-18-14-4-2-1-3-11(10)14/h1-4,10,12-13,16-17H,5-9H2. The number of hydrogen-bond acceptors (Lipinski definition) is 4. The van der Waals surface area contributed by atoms with E-state index in [1.807, 2.05) is 18.2 Å². The van der Waals surface area contributed by atoms with E-state index >= 15 is 0 Å². The number of likely N-dealkylation sites (tertiary alicyclic amines) is 1. The van der Waals surface area contributed by atoms with Gasteiger partial charge in [0.15, 0.2) is 0 Å². The molecule has 2 N–H and O–H groups in total. The van der Waals surface area contributed by atoms with Gasteiger partial charge < -0.3 is 14.9 Å². The van der Waals surface area contributed by atoms with Crippen LogP contribution in [0.25, 0.3) is 0 Å². The highest BCUT2D eigenvalue weighted by molar-refractivity contribution is 5.38. The molecule has 18 heavy (non-hydrogen) atoms. The van der Waals surface area contributed by atoms with Gasteiger partial charge in [0.2, 0.25) is 0 Å². The molecule has 1 aromatic carbocycles. The van der Waals surface area contributed by atoms with Gasteiger partial charge in [-0.15, -0.1) is 0 Å². The van der Waals surface area contributed by atoms with Crippen molar-refractivity contribution in [1.29, 1.82) is 0 Å². The SMILES string of the molecule is OC1CN(CC2CCOc3ccccc32)CC1O. The lowest BCUT2D eigenvalue weighted by atomic mass is 9.93. The average Bonchev–Trinajstić information content (AvgIpc) is 2.69. The van der Waals surface area contributed by atoms with Crippen LogP contribution in [0.5, 0.6) is 5.75 Å². The summed E-state index contributed by atoms with van der Waals surface area (Å²) < 4.78 is 5.64. The Morgan fingerprint density at radius 2 is 1.89 bits per heavy atom. The van der Waals surface area contributed by atoms with Crippen molar-refractivity contribution in [1.82, 2.24) is 4.90 Å². The fourth-order valence-electron chi connectivity index (χ4n) is 2.91. The van der Waals surface area contributed by atoms with E-state index in [-0.39, 0.29) is 0 Å². The third-order valence-corrected chi connectivity index (χ3v) is 3.90. The van der Waals surface area contributed by atoms with Crippen LogP contribution in [0.15, 0.2) is 24.3 Å². The summed E-state index contributed by atoms with van der Waals surface area (Å²) in [4.78, 5) is 2.14. The minimum atomic E-state index is -0.597. The summed E-state index contributed by atoms with van der Waals surface area (Å²) in [7, 11) is 0. The first kappa shape index (κ1) is 12.0. The van der Waals surface area contributed by atoms with Crippen LogP contribution in [0.3, 0.4) is 0 Å². The first-order chi connectivity index (χ1) is 8.74. The van der Waals surface area contributed by atoms with E-state index in [1.54, 1.807) is 0 Å². The first-order valence-corrected chi connectivity index (χ1v) is 6.54. The van der Waals surface area contributed by atoms with Crippen LogP contribution in [-0.2, 0) is 0 Å². The highest BCUT2D eigenvalue weighted by Gasteiger charge is 2.32. The molecule has 0 aromatic heterocycles. The van der Waals surface area contributed by atoms with Gasteiger partial charge in [0.25, 0.3) is 0 Å². The lowest BCUT2D eigenvalue weighted by Gasteiger charge is -2.29. The number of ether oxygens (including phenoxy) is 1. The molecular weight excluding hydrogens is 230 g/mol. The Kier molecular flexibility index (Phi) is 3.24. The molecule has 0 spiro atoms. The second kappa shape index (κ2) is 4.88. The molecule has 2 aliphatic rings. The van der Waals surface area contributed by atoms with Crippen LogP contribution < -0.4 is 4.74 Å². The Hall–Kier alpha value is -1.10. The molecule has 0 amide bonds. The molecule has 2 heterocycles. The maximum Gasteiger partial charge on any atom is 0.122 e. The lowest BCUT2D eigenvalue weighted by molar-refractivity contribution is 0.0572. The number of hydrogen-bond donors (Lipinski definition) is 2. The van der Waals surface area contributed by atoms with Gasteiger partial charge in [-0.25, -0.2) is 0 Å². The molecule has 0 radical (unpaired) electrons. The Balaban J connectivity index is 1.71. The van der Waals surface area contributed by atoms with E-state index in [0.717, 1.165) is 25.3 Å². The lowest BCUT2D eigenvalue weighted by Crippen LogP contribution is -2.30. The molecule has 4 heteroatoms. The highest BCUT2D eigenvalue weighted by atomic mass is 16.5. The molecule has 0 bridgehead atoms. The smallest absolute Gasteiger partial charge is 0.122 e. The molecule has 1 saturated heterocycles. The highest BCUT2D eigenvalue weighted by Crippen LogP contribution is 2.34. The number of fused-ring (bicyclic) bond motifs is 1. The molecule has 0 saturated carbocycles. The Labute approximate surface area is 107 Å². The zero-order valence-electron chi connectivity index (χ0n) is 10.3. The Bertz CT molecular complexity index is 413.